The number of nitrogens with zero attached hydrogens (tertiary/aromatic N) is 2. The summed E-state index contributed by atoms with van der Waals surface area (Å²) < 4.78 is 4.89. The third kappa shape index (κ3) is 8.95. The largest absolute Gasteiger partial charge is 0.385 e. The minimum Gasteiger partial charge on any atom is -0.385 e. The van der Waals surface area contributed by atoms with Gasteiger partial charge >= 0.3 is 0 Å². The summed E-state index contributed by atoms with van der Waals surface area (Å²) in [7, 11) is 5.49. The summed E-state index contributed by atoms with van der Waals surface area (Å²) in [6.45, 7) is 4.11. The smallest absolute Gasteiger partial charge is 0.239 e. The van der Waals surface area contributed by atoms with E-state index in [1.165, 1.54) is 6.92 Å². The molecule has 0 aromatic heterocycles. The second-order valence-electron chi connectivity index (χ2n) is 4.44. The first-order chi connectivity index (χ1) is 8.47. The lowest BCUT2D eigenvalue weighted by molar-refractivity contribution is -0.134. The van der Waals surface area contributed by atoms with Gasteiger partial charge in [0.2, 0.25) is 11.8 Å². The van der Waals surface area contributed by atoms with E-state index in [0.717, 1.165) is 13.0 Å². The van der Waals surface area contributed by atoms with Gasteiger partial charge < -0.3 is 19.9 Å². The van der Waals surface area contributed by atoms with Crippen LogP contribution in [0.1, 0.15) is 13.3 Å². The first kappa shape index (κ1) is 16.9. The molecule has 0 saturated heterocycles. The molecule has 2 amide bonds. The van der Waals surface area contributed by atoms with Crippen molar-refractivity contribution in [3.8, 4) is 0 Å². The van der Waals surface area contributed by atoms with Crippen molar-refractivity contribution in [2.45, 2.75) is 13.3 Å². The van der Waals surface area contributed by atoms with E-state index in [1.807, 2.05) is 19.0 Å². The molecule has 0 aromatic carbocycles. The zero-order valence-electron chi connectivity index (χ0n) is 11.9. The van der Waals surface area contributed by atoms with Crippen molar-refractivity contribution in [1.29, 1.82) is 0 Å². The molecule has 0 rings (SSSR count). The number of amides is 2. The van der Waals surface area contributed by atoms with Gasteiger partial charge in [-0.05, 0) is 20.5 Å². The molecule has 106 valence electrons. The molecule has 0 aliphatic heterocycles. The van der Waals surface area contributed by atoms with Crippen molar-refractivity contribution in [3.05, 3.63) is 0 Å². The first-order valence-corrected chi connectivity index (χ1v) is 6.13. The summed E-state index contributed by atoms with van der Waals surface area (Å²) in [6, 6.07) is 0. The number of likely N-dealkylation sites (N-methyl/N-ethyl adjacent to an activating group) is 1. The average Bonchev–Trinajstić information content (AvgIpc) is 2.29. The minimum absolute atomic E-state index is 0.0797. The number of carbonyl (C=O) groups is 2. The van der Waals surface area contributed by atoms with Crippen LogP contribution in [0.3, 0.4) is 0 Å². The summed E-state index contributed by atoms with van der Waals surface area (Å²) in [6.07, 6.45) is 0.778. The number of hydrogen-bond donors (Lipinski definition) is 1. The molecule has 0 bridgehead atoms. The summed E-state index contributed by atoms with van der Waals surface area (Å²) in [5.41, 5.74) is 0. The van der Waals surface area contributed by atoms with Crippen LogP contribution in [0.4, 0.5) is 0 Å². The number of hydrogen-bond acceptors (Lipinski definition) is 4. The zero-order chi connectivity index (χ0) is 14.0. The molecule has 0 radical (unpaired) electrons. The van der Waals surface area contributed by atoms with Gasteiger partial charge in [-0.3, -0.25) is 9.59 Å². The maximum Gasteiger partial charge on any atom is 0.239 e. The van der Waals surface area contributed by atoms with Crippen molar-refractivity contribution in [2.75, 3.05) is 54.0 Å². The van der Waals surface area contributed by atoms with Gasteiger partial charge in [0.15, 0.2) is 0 Å². The maximum atomic E-state index is 11.6. The van der Waals surface area contributed by atoms with Gasteiger partial charge in [0.25, 0.3) is 0 Å². The van der Waals surface area contributed by atoms with Crippen LogP contribution in [0, 0.1) is 0 Å². The van der Waals surface area contributed by atoms with Crippen LogP contribution in [-0.4, -0.2) is 75.6 Å². The Hall–Kier alpha value is -1.14. The van der Waals surface area contributed by atoms with Crippen LogP contribution in [0.15, 0.2) is 0 Å². The fourth-order valence-corrected chi connectivity index (χ4v) is 1.34. The molecule has 0 atom stereocenters. The fraction of sp³-hybridized carbons (Fsp3) is 0.833. The van der Waals surface area contributed by atoms with Gasteiger partial charge in [-0.1, -0.05) is 0 Å². The minimum atomic E-state index is -0.125. The summed E-state index contributed by atoms with van der Waals surface area (Å²) in [5, 5.41) is 2.76. The number of carbonyl (C=O) groups excluding carboxylic acids is 2. The normalized spacial score (nSPS) is 10.5. The van der Waals surface area contributed by atoms with Crippen molar-refractivity contribution in [2.24, 2.45) is 0 Å². The number of ether oxygens (including phenoxy) is 1. The Bertz CT molecular complexity index is 257. The zero-order valence-corrected chi connectivity index (χ0v) is 11.9. The van der Waals surface area contributed by atoms with Crippen LogP contribution < -0.4 is 5.32 Å². The van der Waals surface area contributed by atoms with Crippen LogP contribution in [0.5, 0.6) is 0 Å². The number of methoxy groups -OCH3 is 1. The summed E-state index contributed by atoms with van der Waals surface area (Å²) >= 11 is 0. The Balaban J connectivity index is 3.92. The Morgan fingerprint density at radius 2 is 1.89 bits per heavy atom. The monoisotopic (exact) mass is 259 g/mol. The lowest BCUT2D eigenvalue weighted by Gasteiger charge is -2.22. The van der Waals surface area contributed by atoms with Gasteiger partial charge in [0, 0.05) is 40.3 Å². The van der Waals surface area contributed by atoms with Gasteiger partial charge in [-0.15, -0.1) is 0 Å². The van der Waals surface area contributed by atoms with Crippen molar-refractivity contribution in [3.63, 3.8) is 0 Å². The van der Waals surface area contributed by atoms with E-state index < -0.39 is 0 Å². The highest BCUT2D eigenvalue weighted by molar-refractivity contribution is 5.83. The van der Waals surface area contributed by atoms with E-state index in [9.17, 15) is 9.59 Å². The Kier molecular flexibility index (Phi) is 9.22. The Morgan fingerprint density at radius 1 is 1.22 bits per heavy atom. The molecule has 0 fully saturated rings. The Morgan fingerprint density at radius 3 is 2.39 bits per heavy atom. The standard InChI is InChI=1S/C12H25N3O3/c1-11(16)15(8-7-14(2)3)10-12(17)13-6-5-9-18-4/h5-10H2,1-4H3,(H,13,17). The molecular formula is C12H25N3O3. The lowest BCUT2D eigenvalue weighted by Crippen LogP contribution is -2.42. The second kappa shape index (κ2) is 9.85. The topological polar surface area (TPSA) is 61.9 Å². The van der Waals surface area contributed by atoms with Crippen LogP contribution in [0.2, 0.25) is 0 Å². The molecule has 0 spiro atoms. The van der Waals surface area contributed by atoms with Crippen LogP contribution >= 0.6 is 0 Å². The molecule has 18 heavy (non-hydrogen) atoms. The average molecular weight is 259 g/mol. The van der Waals surface area contributed by atoms with E-state index in [2.05, 4.69) is 5.32 Å². The van der Waals surface area contributed by atoms with E-state index in [-0.39, 0.29) is 18.4 Å². The summed E-state index contributed by atoms with van der Waals surface area (Å²) in [5.74, 6) is -0.205. The fourth-order valence-electron chi connectivity index (χ4n) is 1.34. The molecule has 0 aromatic rings. The molecule has 0 heterocycles. The third-order valence-electron chi connectivity index (χ3n) is 2.44. The molecule has 6 heteroatoms. The van der Waals surface area contributed by atoms with Crippen LogP contribution in [-0.2, 0) is 14.3 Å². The molecule has 1 N–H and O–H groups in total. The molecule has 0 aliphatic carbocycles. The van der Waals surface area contributed by atoms with Gasteiger partial charge in [0.05, 0.1) is 6.54 Å². The van der Waals surface area contributed by atoms with E-state index in [4.69, 9.17) is 4.74 Å². The van der Waals surface area contributed by atoms with E-state index >= 15 is 0 Å². The van der Waals surface area contributed by atoms with Crippen molar-refractivity contribution in [1.82, 2.24) is 15.1 Å². The summed E-state index contributed by atoms with van der Waals surface area (Å²) in [4.78, 5) is 26.5. The lowest BCUT2D eigenvalue weighted by atomic mass is 10.4. The molecule has 0 aliphatic rings. The Labute approximate surface area is 109 Å². The maximum absolute atomic E-state index is 11.6. The van der Waals surface area contributed by atoms with Crippen molar-refractivity contribution < 1.29 is 14.3 Å². The third-order valence-corrected chi connectivity index (χ3v) is 2.44. The highest BCUT2D eigenvalue weighted by atomic mass is 16.5. The van der Waals surface area contributed by atoms with Crippen LogP contribution in [0.25, 0.3) is 0 Å². The van der Waals surface area contributed by atoms with Gasteiger partial charge in [0.1, 0.15) is 0 Å². The van der Waals surface area contributed by atoms with E-state index in [1.54, 1.807) is 12.0 Å². The quantitative estimate of drug-likeness (QED) is 0.570. The molecule has 0 saturated carbocycles. The highest BCUT2D eigenvalue weighted by Gasteiger charge is 2.13. The van der Waals surface area contributed by atoms with Gasteiger partial charge in [-0.25, -0.2) is 0 Å². The predicted molar refractivity (Wildman–Crippen MR) is 70.3 cm³/mol. The number of nitrogens with one attached hydrogen (secondary N) is 1. The molecular weight excluding hydrogens is 234 g/mol. The predicted octanol–water partition coefficient (Wildman–Crippen LogP) is -0.451. The van der Waals surface area contributed by atoms with E-state index in [0.29, 0.717) is 19.7 Å². The second-order valence-corrected chi connectivity index (χ2v) is 4.44. The molecule has 6 nitrogen and oxygen atoms in total. The molecule has 0 unspecified atom stereocenters. The number of rotatable bonds is 9. The van der Waals surface area contributed by atoms with Crippen molar-refractivity contribution >= 4 is 11.8 Å². The highest BCUT2D eigenvalue weighted by Crippen LogP contribution is 1.91. The van der Waals surface area contributed by atoms with Gasteiger partial charge in [-0.2, -0.15) is 0 Å². The SMILES string of the molecule is COCCCNC(=O)CN(CCN(C)C)C(C)=O. The first-order valence-electron chi connectivity index (χ1n) is 6.13.